The highest BCUT2D eigenvalue weighted by Crippen LogP contribution is 2.52. The fraction of sp³-hybridized carbons (Fsp3) is 0.727. The molecular formula is C22H33I. The SMILES string of the molecule is CCC1(CCCc2cc(C)c(CCCC3(I)CC3)c(C)c2)CC1. The summed E-state index contributed by atoms with van der Waals surface area (Å²) in [5.74, 6) is 0. The van der Waals surface area contributed by atoms with Gasteiger partial charge in [-0.3, -0.25) is 0 Å². The van der Waals surface area contributed by atoms with Gasteiger partial charge in [-0.1, -0.05) is 48.1 Å². The van der Waals surface area contributed by atoms with E-state index in [2.05, 4.69) is 55.5 Å². The fourth-order valence-corrected chi connectivity index (χ4v) is 4.87. The molecule has 0 spiro atoms. The van der Waals surface area contributed by atoms with Crippen LogP contribution < -0.4 is 0 Å². The third kappa shape index (κ3) is 4.74. The zero-order valence-corrected chi connectivity index (χ0v) is 17.5. The second kappa shape index (κ2) is 7.06. The van der Waals surface area contributed by atoms with Gasteiger partial charge in [0.1, 0.15) is 0 Å². The van der Waals surface area contributed by atoms with E-state index in [4.69, 9.17) is 0 Å². The summed E-state index contributed by atoms with van der Waals surface area (Å²) < 4.78 is 0.678. The molecule has 0 aliphatic heterocycles. The van der Waals surface area contributed by atoms with Crippen molar-refractivity contribution in [2.24, 2.45) is 5.41 Å². The van der Waals surface area contributed by atoms with Crippen LogP contribution >= 0.6 is 22.6 Å². The Morgan fingerprint density at radius 2 is 1.52 bits per heavy atom. The molecule has 128 valence electrons. The highest BCUT2D eigenvalue weighted by molar-refractivity contribution is 14.1. The fourth-order valence-electron chi connectivity index (χ4n) is 4.21. The molecular weight excluding hydrogens is 391 g/mol. The minimum absolute atomic E-state index is 0.678. The van der Waals surface area contributed by atoms with Crippen molar-refractivity contribution in [1.29, 1.82) is 0 Å². The van der Waals surface area contributed by atoms with Crippen LogP contribution in [0.3, 0.4) is 0 Å². The summed E-state index contributed by atoms with van der Waals surface area (Å²) in [6.45, 7) is 7.03. The third-order valence-corrected chi connectivity index (χ3v) is 8.10. The van der Waals surface area contributed by atoms with Crippen LogP contribution in [0.5, 0.6) is 0 Å². The highest BCUT2D eigenvalue weighted by atomic mass is 127. The minimum atomic E-state index is 0.678. The van der Waals surface area contributed by atoms with Gasteiger partial charge >= 0.3 is 0 Å². The maximum Gasteiger partial charge on any atom is 0.0223 e. The first-order valence-electron chi connectivity index (χ1n) is 9.73. The molecule has 2 saturated carbocycles. The third-order valence-electron chi connectivity index (χ3n) is 6.48. The minimum Gasteiger partial charge on any atom is -0.0789 e. The second-order valence-corrected chi connectivity index (χ2v) is 10.7. The van der Waals surface area contributed by atoms with Crippen molar-refractivity contribution in [3.8, 4) is 0 Å². The van der Waals surface area contributed by atoms with Crippen LogP contribution in [0.2, 0.25) is 0 Å². The topological polar surface area (TPSA) is 0 Å². The zero-order chi connectivity index (χ0) is 16.5. The standard InChI is InChI=1S/C22H33I/c1-4-21(11-12-21)9-5-7-19-15-17(2)20(18(3)16-19)8-6-10-22(23)13-14-22/h15-16H,4-14H2,1-3H3. The van der Waals surface area contributed by atoms with E-state index in [-0.39, 0.29) is 0 Å². The number of alkyl halides is 1. The first-order chi connectivity index (χ1) is 11.0. The van der Waals surface area contributed by atoms with Crippen molar-refractivity contribution < 1.29 is 0 Å². The lowest BCUT2D eigenvalue weighted by atomic mass is 9.91. The Hall–Kier alpha value is -0.0500. The molecule has 3 rings (SSSR count). The molecule has 2 aliphatic rings. The molecule has 0 N–H and O–H groups in total. The lowest BCUT2D eigenvalue weighted by Crippen LogP contribution is -2.02. The molecule has 0 saturated heterocycles. The van der Waals surface area contributed by atoms with Crippen LogP contribution in [-0.4, -0.2) is 3.42 Å². The first-order valence-corrected chi connectivity index (χ1v) is 10.8. The number of halogens is 1. The summed E-state index contributed by atoms with van der Waals surface area (Å²) in [5, 5.41) is 0. The summed E-state index contributed by atoms with van der Waals surface area (Å²) in [6, 6.07) is 4.95. The molecule has 0 amide bonds. The molecule has 23 heavy (non-hydrogen) atoms. The number of hydrogen-bond acceptors (Lipinski definition) is 0. The number of benzene rings is 1. The van der Waals surface area contributed by atoms with Crippen LogP contribution in [0.1, 0.15) is 87.0 Å². The van der Waals surface area contributed by atoms with Crippen molar-refractivity contribution in [2.45, 2.75) is 94.8 Å². The Kier molecular flexibility index (Phi) is 5.45. The van der Waals surface area contributed by atoms with E-state index in [1.165, 1.54) is 81.8 Å². The van der Waals surface area contributed by atoms with Gasteiger partial charge in [-0.15, -0.1) is 0 Å². The molecule has 1 heteroatoms. The summed E-state index contributed by atoms with van der Waals surface area (Å²) in [6.07, 6.45) is 15.4. The van der Waals surface area contributed by atoms with Crippen LogP contribution in [0, 0.1) is 19.3 Å². The molecule has 0 atom stereocenters. The molecule has 0 aromatic heterocycles. The summed E-state index contributed by atoms with van der Waals surface area (Å²) >= 11 is 2.68. The Balaban J connectivity index is 1.51. The van der Waals surface area contributed by atoms with Crippen LogP contribution in [0.4, 0.5) is 0 Å². The molecule has 0 unspecified atom stereocenters. The zero-order valence-electron chi connectivity index (χ0n) is 15.3. The summed E-state index contributed by atoms with van der Waals surface area (Å²) in [5.41, 5.74) is 7.03. The second-order valence-electron chi connectivity index (χ2n) is 8.42. The molecule has 0 radical (unpaired) electrons. The van der Waals surface area contributed by atoms with E-state index in [0.717, 1.165) is 5.41 Å². The van der Waals surface area contributed by atoms with Gasteiger partial charge < -0.3 is 0 Å². The molecule has 0 bridgehead atoms. The van der Waals surface area contributed by atoms with Gasteiger partial charge in [0.2, 0.25) is 0 Å². The summed E-state index contributed by atoms with van der Waals surface area (Å²) in [4.78, 5) is 0. The van der Waals surface area contributed by atoms with Gasteiger partial charge in [0, 0.05) is 3.42 Å². The predicted octanol–water partition coefficient (Wildman–Crippen LogP) is 7.11. The maximum atomic E-state index is 2.68. The van der Waals surface area contributed by atoms with Gasteiger partial charge in [-0.25, -0.2) is 0 Å². The van der Waals surface area contributed by atoms with Gasteiger partial charge in [0.05, 0.1) is 0 Å². The van der Waals surface area contributed by atoms with Crippen molar-refractivity contribution in [2.75, 3.05) is 0 Å². The van der Waals surface area contributed by atoms with Gasteiger partial charge in [-0.2, -0.15) is 0 Å². The molecule has 2 aliphatic carbocycles. The summed E-state index contributed by atoms with van der Waals surface area (Å²) in [7, 11) is 0. The largest absolute Gasteiger partial charge is 0.0789 e. The van der Waals surface area contributed by atoms with E-state index < -0.39 is 0 Å². The predicted molar refractivity (Wildman–Crippen MR) is 110 cm³/mol. The van der Waals surface area contributed by atoms with Crippen LogP contribution in [0.25, 0.3) is 0 Å². The van der Waals surface area contributed by atoms with E-state index in [1.807, 2.05) is 0 Å². The monoisotopic (exact) mass is 424 g/mol. The van der Waals surface area contributed by atoms with E-state index in [1.54, 1.807) is 11.1 Å². The molecule has 1 aromatic carbocycles. The number of rotatable bonds is 9. The molecule has 1 aromatic rings. The van der Waals surface area contributed by atoms with Crippen molar-refractivity contribution in [3.05, 3.63) is 34.4 Å². The van der Waals surface area contributed by atoms with E-state index >= 15 is 0 Å². The van der Waals surface area contributed by atoms with Crippen LogP contribution in [-0.2, 0) is 12.8 Å². The maximum absolute atomic E-state index is 2.68. The normalized spacial score (nSPS) is 20.5. The molecule has 0 heterocycles. The Morgan fingerprint density at radius 1 is 0.913 bits per heavy atom. The average molecular weight is 424 g/mol. The molecule has 0 nitrogen and oxygen atoms in total. The smallest absolute Gasteiger partial charge is 0.0223 e. The first kappa shape index (κ1) is 17.8. The lowest BCUT2D eigenvalue weighted by Gasteiger charge is -2.15. The highest BCUT2D eigenvalue weighted by Gasteiger charge is 2.39. The van der Waals surface area contributed by atoms with Crippen LogP contribution in [0.15, 0.2) is 12.1 Å². The Bertz CT molecular complexity index is 526. The van der Waals surface area contributed by atoms with E-state index in [9.17, 15) is 0 Å². The van der Waals surface area contributed by atoms with Gasteiger partial charge in [-0.05, 0) is 106 Å². The lowest BCUT2D eigenvalue weighted by molar-refractivity contribution is 0.434. The quantitative estimate of drug-likeness (QED) is 0.293. The van der Waals surface area contributed by atoms with E-state index in [0.29, 0.717) is 3.42 Å². The van der Waals surface area contributed by atoms with Crippen molar-refractivity contribution in [1.82, 2.24) is 0 Å². The van der Waals surface area contributed by atoms with Gasteiger partial charge in [0.25, 0.3) is 0 Å². The van der Waals surface area contributed by atoms with Gasteiger partial charge in [0.15, 0.2) is 0 Å². The van der Waals surface area contributed by atoms with Crippen molar-refractivity contribution >= 4 is 22.6 Å². The Labute approximate surface area is 157 Å². The molecule has 2 fully saturated rings. The Morgan fingerprint density at radius 3 is 2.04 bits per heavy atom. The van der Waals surface area contributed by atoms with Crippen molar-refractivity contribution in [3.63, 3.8) is 0 Å². The number of hydrogen-bond donors (Lipinski definition) is 0. The average Bonchev–Trinajstić information content (AvgIpc) is 3.41. The number of aryl methyl sites for hydroxylation is 3.